The highest BCUT2D eigenvalue weighted by molar-refractivity contribution is 8.00. The highest BCUT2D eigenvalue weighted by Gasteiger charge is 2.25. The number of aromatic amines is 1. The van der Waals surface area contributed by atoms with Crippen LogP contribution < -0.4 is 4.72 Å². The van der Waals surface area contributed by atoms with Gasteiger partial charge in [0, 0.05) is 19.6 Å². The summed E-state index contributed by atoms with van der Waals surface area (Å²) in [5, 5.41) is 0.390. The molecule has 7 nitrogen and oxygen atoms in total. The van der Waals surface area contributed by atoms with Gasteiger partial charge in [-0.1, -0.05) is 25.1 Å². The third-order valence-corrected chi connectivity index (χ3v) is 7.05. The van der Waals surface area contributed by atoms with Crippen LogP contribution in [0.5, 0.6) is 0 Å². The summed E-state index contributed by atoms with van der Waals surface area (Å²) >= 11 is 1.37. The molecule has 1 atom stereocenters. The van der Waals surface area contributed by atoms with Gasteiger partial charge in [0.2, 0.25) is 15.9 Å². The molecule has 0 bridgehead atoms. The number of unbranched alkanes of at least 4 members (excludes halogenated alkanes) is 1. The molecule has 0 saturated carbocycles. The molecule has 0 spiro atoms. The lowest BCUT2D eigenvalue weighted by molar-refractivity contribution is -0.129. The molecule has 148 valence electrons. The van der Waals surface area contributed by atoms with E-state index in [2.05, 4.69) is 14.7 Å². The Kier molecular flexibility index (Phi) is 6.44. The molecule has 1 aliphatic rings. The van der Waals surface area contributed by atoms with Crippen LogP contribution in [-0.4, -0.2) is 54.1 Å². The van der Waals surface area contributed by atoms with Crippen LogP contribution in [0.3, 0.4) is 0 Å². The molecule has 0 unspecified atom stereocenters. The Balaban J connectivity index is 1.72. The Morgan fingerprint density at radius 1 is 1.37 bits per heavy atom. The van der Waals surface area contributed by atoms with Crippen molar-refractivity contribution in [1.82, 2.24) is 19.6 Å². The number of rotatable bonds is 8. The van der Waals surface area contributed by atoms with E-state index in [1.807, 2.05) is 18.7 Å². The number of hydrogen-bond donors (Lipinski definition) is 2. The zero-order valence-electron chi connectivity index (χ0n) is 15.7. The molecule has 27 heavy (non-hydrogen) atoms. The van der Waals surface area contributed by atoms with Crippen molar-refractivity contribution >= 4 is 38.7 Å². The molecule has 1 aromatic heterocycles. The minimum absolute atomic E-state index is 0.126. The first-order valence-electron chi connectivity index (χ1n) is 9.35. The molecule has 0 radical (unpaired) electrons. The molecule has 2 aromatic rings. The van der Waals surface area contributed by atoms with E-state index in [0.717, 1.165) is 38.8 Å². The Morgan fingerprint density at radius 3 is 2.81 bits per heavy atom. The second kappa shape index (κ2) is 8.62. The van der Waals surface area contributed by atoms with Crippen LogP contribution in [0.15, 0.2) is 28.3 Å². The molecule has 1 amide bonds. The Labute approximate surface area is 164 Å². The van der Waals surface area contributed by atoms with E-state index in [4.69, 9.17) is 0 Å². The van der Waals surface area contributed by atoms with E-state index < -0.39 is 10.0 Å². The summed E-state index contributed by atoms with van der Waals surface area (Å²) < 4.78 is 27.4. The number of nitrogens with one attached hydrogen (secondary N) is 2. The highest BCUT2D eigenvalue weighted by atomic mass is 32.2. The largest absolute Gasteiger partial charge is 0.342 e. The van der Waals surface area contributed by atoms with Gasteiger partial charge in [-0.05, 0) is 44.4 Å². The summed E-state index contributed by atoms with van der Waals surface area (Å²) in [6.45, 7) is 5.98. The topological polar surface area (TPSA) is 95.2 Å². The number of fused-ring (bicyclic) bond motifs is 1. The first-order chi connectivity index (χ1) is 12.9. The fourth-order valence-corrected chi connectivity index (χ4v) is 5.07. The zero-order chi connectivity index (χ0) is 19.4. The number of thioether (sulfide) groups is 1. The van der Waals surface area contributed by atoms with Crippen molar-refractivity contribution in [3.05, 3.63) is 18.2 Å². The van der Waals surface area contributed by atoms with E-state index in [1.54, 1.807) is 18.2 Å². The lowest BCUT2D eigenvalue weighted by Gasteiger charge is -2.19. The van der Waals surface area contributed by atoms with Gasteiger partial charge >= 0.3 is 0 Å². The van der Waals surface area contributed by atoms with Crippen LogP contribution in [0.25, 0.3) is 11.0 Å². The van der Waals surface area contributed by atoms with Gasteiger partial charge < -0.3 is 9.88 Å². The minimum Gasteiger partial charge on any atom is -0.342 e. The van der Waals surface area contributed by atoms with Crippen molar-refractivity contribution < 1.29 is 13.2 Å². The van der Waals surface area contributed by atoms with Crippen molar-refractivity contribution in [3.63, 3.8) is 0 Å². The quantitative estimate of drug-likeness (QED) is 0.515. The van der Waals surface area contributed by atoms with Gasteiger partial charge in [-0.25, -0.2) is 18.1 Å². The van der Waals surface area contributed by atoms with E-state index in [1.165, 1.54) is 11.8 Å². The van der Waals surface area contributed by atoms with Crippen molar-refractivity contribution in [2.45, 2.75) is 54.8 Å². The maximum atomic E-state index is 12.5. The molecule has 2 heterocycles. The van der Waals surface area contributed by atoms with Gasteiger partial charge in [0.15, 0.2) is 5.16 Å². The number of hydrogen-bond acceptors (Lipinski definition) is 5. The van der Waals surface area contributed by atoms with Crippen LogP contribution in [0.4, 0.5) is 0 Å². The van der Waals surface area contributed by atoms with Gasteiger partial charge in [-0.15, -0.1) is 0 Å². The molecule has 1 fully saturated rings. The van der Waals surface area contributed by atoms with Gasteiger partial charge in [-0.2, -0.15) is 0 Å². The van der Waals surface area contributed by atoms with Gasteiger partial charge in [0.25, 0.3) is 0 Å². The third-order valence-electron chi connectivity index (χ3n) is 4.62. The average Bonchev–Trinajstić information content (AvgIpc) is 3.29. The second-order valence-corrected chi connectivity index (χ2v) is 9.86. The maximum absolute atomic E-state index is 12.5. The fourth-order valence-electron chi connectivity index (χ4n) is 3.07. The molecule has 0 aliphatic carbocycles. The number of carbonyl (C=O) groups is 1. The van der Waals surface area contributed by atoms with Crippen molar-refractivity contribution in [3.8, 4) is 0 Å². The van der Waals surface area contributed by atoms with E-state index in [9.17, 15) is 13.2 Å². The van der Waals surface area contributed by atoms with Gasteiger partial charge in [0.05, 0.1) is 21.2 Å². The molecule has 9 heteroatoms. The monoisotopic (exact) mass is 410 g/mol. The SMILES string of the molecule is CCCCNS(=O)(=O)c1ccc2nc(S[C@@H](C)C(=O)N3CCCC3)[nH]c2c1. The number of imidazole rings is 1. The Hall–Kier alpha value is -1.58. The third kappa shape index (κ3) is 4.83. The standard InChI is InChI=1S/C18H26N4O3S2/c1-3-4-9-19-27(24,25)14-7-8-15-16(12-14)21-18(20-15)26-13(2)17(23)22-10-5-6-11-22/h7-8,12-13,19H,3-6,9-11H2,1-2H3,(H,20,21)/t13-/m0/s1. The van der Waals surface area contributed by atoms with Crippen molar-refractivity contribution in [1.29, 1.82) is 0 Å². The summed E-state index contributed by atoms with van der Waals surface area (Å²) in [6.07, 6.45) is 3.86. The molecule has 1 saturated heterocycles. The number of amides is 1. The van der Waals surface area contributed by atoms with E-state index in [0.29, 0.717) is 22.7 Å². The summed E-state index contributed by atoms with van der Waals surface area (Å²) in [5.74, 6) is 0.126. The van der Waals surface area contributed by atoms with Gasteiger partial charge in [-0.3, -0.25) is 4.79 Å². The van der Waals surface area contributed by atoms with E-state index in [-0.39, 0.29) is 16.1 Å². The second-order valence-electron chi connectivity index (χ2n) is 6.76. The number of benzene rings is 1. The Bertz CT molecular complexity index is 904. The number of sulfonamides is 1. The number of nitrogens with zero attached hydrogens (tertiary/aromatic N) is 2. The fraction of sp³-hybridized carbons (Fsp3) is 0.556. The lowest BCUT2D eigenvalue weighted by atomic mass is 10.3. The number of carbonyl (C=O) groups excluding carboxylic acids is 1. The number of H-pyrrole nitrogens is 1. The first kappa shape index (κ1) is 20.2. The van der Waals surface area contributed by atoms with Crippen LogP contribution in [0, 0.1) is 0 Å². The molecule has 2 N–H and O–H groups in total. The lowest BCUT2D eigenvalue weighted by Crippen LogP contribution is -2.34. The predicted molar refractivity (Wildman–Crippen MR) is 107 cm³/mol. The van der Waals surface area contributed by atoms with Gasteiger partial charge in [0.1, 0.15) is 0 Å². The summed E-state index contributed by atoms with van der Waals surface area (Å²) in [6, 6.07) is 4.84. The molecule has 1 aromatic carbocycles. The molecular formula is C18H26N4O3S2. The van der Waals surface area contributed by atoms with E-state index >= 15 is 0 Å². The highest BCUT2D eigenvalue weighted by Crippen LogP contribution is 2.26. The van der Waals surface area contributed by atoms with Crippen molar-refractivity contribution in [2.75, 3.05) is 19.6 Å². The molecular weight excluding hydrogens is 384 g/mol. The molecule has 1 aliphatic heterocycles. The predicted octanol–water partition coefficient (Wildman–Crippen LogP) is 2.74. The normalized spacial score (nSPS) is 16.1. The van der Waals surface area contributed by atoms with Crippen LogP contribution in [-0.2, 0) is 14.8 Å². The zero-order valence-corrected chi connectivity index (χ0v) is 17.3. The summed E-state index contributed by atoms with van der Waals surface area (Å²) in [5.41, 5.74) is 1.34. The smallest absolute Gasteiger partial charge is 0.240 e. The Morgan fingerprint density at radius 2 is 2.11 bits per heavy atom. The van der Waals surface area contributed by atoms with Crippen LogP contribution in [0.2, 0.25) is 0 Å². The average molecular weight is 411 g/mol. The summed E-state index contributed by atoms with van der Waals surface area (Å²) in [7, 11) is -3.53. The number of aromatic nitrogens is 2. The van der Waals surface area contributed by atoms with Crippen molar-refractivity contribution in [2.24, 2.45) is 0 Å². The maximum Gasteiger partial charge on any atom is 0.240 e. The van der Waals surface area contributed by atoms with Crippen LogP contribution >= 0.6 is 11.8 Å². The van der Waals surface area contributed by atoms with Crippen LogP contribution in [0.1, 0.15) is 39.5 Å². The first-order valence-corrected chi connectivity index (χ1v) is 11.7. The number of likely N-dealkylation sites (tertiary alicyclic amines) is 1. The minimum atomic E-state index is -3.53. The molecule has 3 rings (SSSR count). The summed E-state index contributed by atoms with van der Waals surface area (Å²) in [4.78, 5) is 22.2.